The average molecular weight is 477 g/mol. The van der Waals surface area contributed by atoms with E-state index in [0.717, 1.165) is 56.8 Å². The van der Waals surface area contributed by atoms with Crippen molar-refractivity contribution in [2.75, 3.05) is 30.1 Å². The molecule has 1 atom stereocenters. The van der Waals surface area contributed by atoms with E-state index in [0.29, 0.717) is 13.0 Å². The Balaban J connectivity index is 1.44. The molecule has 2 aromatic carbocycles. The summed E-state index contributed by atoms with van der Waals surface area (Å²) >= 11 is 4.88. The smallest absolute Gasteiger partial charge is 0.228 e. The molecule has 8 heteroatoms. The molecule has 0 spiro atoms. The minimum absolute atomic E-state index is 0.0737. The molecule has 4 nitrogen and oxygen atoms in total. The van der Waals surface area contributed by atoms with E-state index in [4.69, 9.17) is 9.72 Å². The maximum atomic E-state index is 13.2. The van der Waals surface area contributed by atoms with Gasteiger partial charge in [-0.05, 0) is 67.7 Å². The highest BCUT2D eigenvalue weighted by atomic mass is 32.2. The molecule has 0 N–H and O–H groups in total. The lowest BCUT2D eigenvalue weighted by Gasteiger charge is -2.23. The zero-order valence-corrected chi connectivity index (χ0v) is 19.8. The zero-order chi connectivity index (χ0) is 21.6. The summed E-state index contributed by atoms with van der Waals surface area (Å²) in [5.74, 6) is 0.659. The summed E-state index contributed by atoms with van der Waals surface area (Å²) in [5.41, 5.74) is 0.965. The van der Waals surface area contributed by atoms with Crippen LogP contribution in [0.25, 0.3) is 10.2 Å². The van der Waals surface area contributed by atoms with Gasteiger partial charge >= 0.3 is 0 Å². The number of hydrogen-bond donors (Lipinski definition) is 0. The van der Waals surface area contributed by atoms with Crippen LogP contribution in [0.2, 0.25) is 0 Å². The summed E-state index contributed by atoms with van der Waals surface area (Å²) in [6, 6.07) is 12.6. The Bertz CT molecular complexity index is 1020. The fourth-order valence-corrected chi connectivity index (χ4v) is 6.05. The van der Waals surface area contributed by atoms with Crippen LogP contribution in [0.15, 0.2) is 52.3 Å². The van der Waals surface area contributed by atoms with Crippen molar-refractivity contribution in [3.8, 4) is 0 Å². The average Bonchev–Trinajstić information content (AvgIpc) is 3.45. The second-order valence-electron chi connectivity index (χ2n) is 7.35. The summed E-state index contributed by atoms with van der Waals surface area (Å²) in [5, 5.41) is 0.753. The first-order valence-corrected chi connectivity index (χ1v) is 13.4. The van der Waals surface area contributed by atoms with Crippen LogP contribution in [0.1, 0.15) is 25.7 Å². The quantitative estimate of drug-likeness (QED) is 0.270. The fourth-order valence-electron chi connectivity index (χ4n) is 3.55. The molecule has 0 radical (unpaired) electrons. The van der Waals surface area contributed by atoms with Crippen molar-refractivity contribution in [1.82, 2.24) is 4.98 Å². The van der Waals surface area contributed by atoms with Crippen LogP contribution < -0.4 is 4.90 Å². The summed E-state index contributed by atoms with van der Waals surface area (Å²) in [4.78, 5) is 22.0. The summed E-state index contributed by atoms with van der Waals surface area (Å²) < 4.78 is 20.0. The third-order valence-electron chi connectivity index (χ3n) is 5.15. The second kappa shape index (κ2) is 10.8. The molecule has 1 aromatic heterocycles. The highest BCUT2D eigenvalue weighted by Crippen LogP contribution is 2.35. The number of anilines is 1. The molecule has 31 heavy (non-hydrogen) atoms. The fraction of sp³-hybridized carbons (Fsp3) is 0.391. The van der Waals surface area contributed by atoms with Crippen LogP contribution in [0.4, 0.5) is 9.52 Å². The molecule has 1 saturated heterocycles. The minimum Gasteiger partial charge on any atom is -0.376 e. The number of thioether (sulfide) groups is 2. The van der Waals surface area contributed by atoms with E-state index >= 15 is 0 Å². The topological polar surface area (TPSA) is 42.4 Å². The van der Waals surface area contributed by atoms with E-state index in [-0.39, 0.29) is 17.8 Å². The number of thiazole rings is 1. The highest BCUT2D eigenvalue weighted by molar-refractivity contribution is 7.99. The van der Waals surface area contributed by atoms with Crippen LogP contribution in [-0.4, -0.2) is 42.2 Å². The van der Waals surface area contributed by atoms with Crippen molar-refractivity contribution < 1.29 is 13.9 Å². The number of carbonyl (C=O) groups excluding carboxylic acids is 1. The van der Waals surface area contributed by atoms with Gasteiger partial charge in [0.15, 0.2) is 5.13 Å². The maximum absolute atomic E-state index is 13.2. The molecule has 3 aromatic rings. The number of rotatable bonds is 9. The van der Waals surface area contributed by atoms with Crippen LogP contribution in [0, 0.1) is 5.82 Å². The first-order chi connectivity index (χ1) is 15.1. The van der Waals surface area contributed by atoms with E-state index in [2.05, 4.69) is 12.1 Å². The maximum Gasteiger partial charge on any atom is 0.228 e. The Hall–Kier alpha value is -1.61. The van der Waals surface area contributed by atoms with Gasteiger partial charge in [-0.25, -0.2) is 9.37 Å². The standard InChI is InChI=1S/C23H25FN2O2S3/c1-29-19-6-2-7-20-22(19)25-23(31-20)26(15-17-5-3-13-28-17)21(27)8-4-14-30-18-11-9-16(24)10-12-18/h2,6-7,9-12,17H,3-5,8,13-15H2,1H3. The number of para-hydroxylation sites is 1. The van der Waals surface area contributed by atoms with E-state index in [1.54, 1.807) is 47.0 Å². The predicted molar refractivity (Wildman–Crippen MR) is 129 cm³/mol. The molecule has 2 heterocycles. The van der Waals surface area contributed by atoms with Crippen LogP contribution >= 0.6 is 34.9 Å². The number of fused-ring (bicyclic) bond motifs is 1. The Kier molecular flexibility index (Phi) is 7.87. The molecule has 1 aliphatic heterocycles. The number of carbonyl (C=O) groups is 1. The molecule has 0 saturated carbocycles. The predicted octanol–water partition coefficient (Wildman–Crippen LogP) is 6.24. The zero-order valence-electron chi connectivity index (χ0n) is 17.4. The lowest BCUT2D eigenvalue weighted by Crippen LogP contribution is -2.37. The Labute approximate surface area is 194 Å². The van der Waals surface area contributed by atoms with Gasteiger partial charge < -0.3 is 4.74 Å². The molecule has 1 unspecified atom stereocenters. The Morgan fingerprint density at radius 3 is 2.87 bits per heavy atom. The first-order valence-electron chi connectivity index (χ1n) is 10.4. The van der Waals surface area contributed by atoms with Crippen molar-refractivity contribution in [1.29, 1.82) is 0 Å². The molecule has 1 amide bonds. The van der Waals surface area contributed by atoms with E-state index in [1.807, 2.05) is 17.2 Å². The van der Waals surface area contributed by atoms with Crippen molar-refractivity contribution in [2.24, 2.45) is 0 Å². The molecule has 164 valence electrons. The van der Waals surface area contributed by atoms with Gasteiger partial charge in [0, 0.05) is 22.8 Å². The molecule has 1 fully saturated rings. The van der Waals surface area contributed by atoms with Gasteiger partial charge in [-0.1, -0.05) is 17.4 Å². The van der Waals surface area contributed by atoms with E-state index in [9.17, 15) is 9.18 Å². The monoisotopic (exact) mass is 476 g/mol. The minimum atomic E-state index is -0.232. The van der Waals surface area contributed by atoms with Gasteiger partial charge in [0.25, 0.3) is 0 Å². The van der Waals surface area contributed by atoms with Crippen LogP contribution in [-0.2, 0) is 9.53 Å². The van der Waals surface area contributed by atoms with Crippen LogP contribution in [0.3, 0.4) is 0 Å². The highest BCUT2D eigenvalue weighted by Gasteiger charge is 2.26. The van der Waals surface area contributed by atoms with Gasteiger partial charge in [0.1, 0.15) is 5.82 Å². The number of ether oxygens (including phenoxy) is 1. The van der Waals surface area contributed by atoms with E-state index < -0.39 is 0 Å². The Morgan fingerprint density at radius 2 is 2.13 bits per heavy atom. The molecular weight excluding hydrogens is 451 g/mol. The molecular formula is C23H25FN2O2S3. The largest absolute Gasteiger partial charge is 0.376 e. The lowest BCUT2D eigenvalue weighted by atomic mass is 10.2. The summed E-state index contributed by atoms with van der Waals surface area (Å²) in [6.45, 7) is 1.32. The van der Waals surface area contributed by atoms with Gasteiger partial charge in [-0.3, -0.25) is 9.69 Å². The molecule has 1 aliphatic rings. The van der Waals surface area contributed by atoms with Gasteiger partial charge in [0.2, 0.25) is 5.91 Å². The first kappa shape index (κ1) is 22.6. The number of hydrogen-bond acceptors (Lipinski definition) is 6. The van der Waals surface area contributed by atoms with Crippen molar-refractivity contribution in [3.63, 3.8) is 0 Å². The van der Waals surface area contributed by atoms with Crippen molar-refractivity contribution in [2.45, 2.75) is 41.6 Å². The summed E-state index contributed by atoms with van der Waals surface area (Å²) in [6.07, 6.45) is 5.34. The third kappa shape index (κ3) is 5.80. The number of amides is 1. The molecule has 0 aliphatic carbocycles. The number of benzene rings is 2. The number of aromatic nitrogens is 1. The number of halogens is 1. The van der Waals surface area contributed by atoms with Crippen molar-refractivity contribution in [3.05, 3.63) is 48.3 Å². The number of nitrogens with zero attached hydrogens (tertiary/aromatic N) is 2. The van der Waals surface area contributed by atoms with Gasteiger partial charge in [-0.15, -0.1) is 23.5 Å². The lowest BCUT2D eigenvalue weighted by molar-refractivity contribution is -0.119. The second-order valence-corrected chi connectivity index (χ2v) is 10.4. The molecule has 4 rings (SSSR count). The third-order valence-corrected chi connectivity index (χ3v) is 8.06. The van der Waals surface area contributed by atoms with Crippen molar-refractivity contribution >= 4 is 56.1 Å². The van der Waals surface area contributed by atoms with E-state index in [1.165, 1.54) is 12.1 Å². The van der Waals surface area contributed by atoms with Gasteiger partial charge in [-0.2, -0.15) is 0 Å². The normalized spacial score (nSPS) is 16.1. The molecule has 0 bridgehead atoms. The Morgan fingerprint density at radius 1 is 1.29 bits per heavy atom. The van der Waals surface area contributed by atoms with Gasteiger partial charge in [0.05, 0.1) is 22.9 Å². The van der Waals surface area contributed by atoms with Crippen LogP contribution in [0.5, 0.6) is 0 Å². The SMILES string of the molecule is CSc1cccc2sc(N(CC3CCCO3)C(=O)CCCSc3ccc(F)cc3)nc12. The summed E-state index contributed by atoms with van der Waals surface area (Å²) in [7, 11) is 0.